The molecule has 0 spiro atoms. The molecule has 0 aliphatic rings. The smallest absolute Gasteiger partial charge is 0.165 e. The Balaban J connectivity index is 1.94. The van der Waals surface area contributed by atoms with Crippen molar-refractivity contribution >= 4 is 5.82 Å². The molecule has 4 N–H and O–H groups in total. The number of nitrogens with zero attached hydrogens (tertiary/aromatic N) is 4. The van der Waals surface area contributed by atoms with Gasteiger partial charge in [-0.1, -0.05) is 6.92 Å². The first-order chi connectivity index (χ1) is 12.1. The molecule has 0 radical (unpaired) electrons. The zero-order valence-corrected chi connectivity index (χ0v) is 14.3. The number of aromatic amines is 1. The Morgan fingerprint density at radius 3 is 2.84 bits per heavy atom. The number of nitrogens with one attached hydrogen (secondary N) is 1. The molecule has 0 saturated heterocycles. The number of hydrogen-bond donors (Lipinski definition) is 3. The predicted octanol–water partition coefficient (Wildman–Crippen LogP) is 2.41. The van der Waals surface area contributed by atoms with Gasteiger partial charge >= 0.3 is 0 Å². The number of H-pyrrole nitrogens is 1. The number of rotatable bonds is 6. The second-order valence-corrected chi connectivity index (χ2v) is 5.98. The van der Waals surface area contributed by atoms with E-state index in [0.29, 0.717) is 17.9 Å². The molecule has 0 unspecified atom stereocenters. The second kappa shape index (κ2) is 7.31. The molecule has 0 aliphatic carbocycles. The third-order valence-electron chi connectivity index (χ3n) is 4.10. The van der Waals surface area contributed by atoms with Crippen LogP contribution in [0.4, 0.5) is 5.82 Å². The van der Waals surface area contributed by atoms with E-state index in [-0.39, 0.29) is 11.8 Å². The average Bonchev–Trinajstić information content (AvgIpc) is 3.16. The molecule has 0 fully saturated rings. The maximum Gasteiger partial charge on any atom is 0.165 e. The van der Waals surface area contributed by atoms with Crippen LogP contribution in [-0.2, 0) is 0 Å². The Bertz CT molecular complexity index is 833. The highest BCUT2D eigenvalue weighted by atomic mass is 16.3. The van der Waals surface area contributed by atoms with Gasteiger partial charge in [0.15, 0.2) is 5.82 Å². The number of aromatic hydroxyl groups is 1. The number of aromatic nitrogens is 4. The minimum absolute atomic E-state index is 0.0832. The van der Waals surface area contributed by atoms with Crippen molar-refractivity contribution in [2.75, 3.05) is 18.5 Å². The van der Waals surface area contributed by atoms with Gasteiger partial charge in [0, 0.05) is 37.6 Å². The first-order valence-electron chi connectivity index (χ1n) is 8.21. The lowest BCUT2D eigenvalue weighted by Crippen LogP contribution is -2.35. The fraction of sp³-hybridized carbons (Fsp3) is 0.278. The molecular weight excluding hydrogens is 316 g/mol. The van der Waals surface area contributed by atoms with Crippen molar-refractivity contribution in [1.29, 1.82) is 0 Å². The standard InChI is InChI=1S/C18H22N6O/c1-3-13(19)11-24(2)17-7-8-20-18(22-17)14-10-12(4-5-16(14)25)15-6-9-21-23-15/h4-10,13,25H,3,11,19H2,1-2H3,(H,21,23)/t13-/m0/s1. The lowest BCUT2D eigenvalue weighted by Gasteiger charge is -2.22. The van der Waals surface area contributed by atoms with E-state index in [9.17, 15) is 5.11 Å². The molecule has 0 aliphatic heterocycles. The highest BCUT2D eigenvalue weighted by molar-refractivity contribution is 5.73. The normalized spacial score (nSPS) is 12.1. The monoisotopic (exact) mass is 338 g/mol. The summed E-state index contributed by atoms with van der Waals surface area (Å²) in [5.74, 6) is 1.35. The van der Waals surface area contributed by atoms with Crippen LogP contribution in [0.25, 0.3) is 22.6 Å². The number of hydrogen-bond acceptors (Lipinski definition) is 6. The van der Waals surface area contributed by atoms with Crippen LogP contribution >= 0.6 is 0 Å². The molecule has 130 valence electrons. The number of benzene rings is 1. The van der Waals surface area contributed by atoms with Gasteiger partial charge in [-0.2, -0.15) is 5.10 Å². The molecular formula is C18H22N6O. The average molecular weight is 338 g/mol. The van der Waals surface area contributed by atoms with Gasteiger partial charge in [0.2, 0.25) is 0 Å². The van der Waals surface area contributed by atoms with Crippen LogP contribution in [0, 0.1) is 0 Å². The molecule has 2 aromatic heterocycles. The molecule has 1 atom stereocenters. The molecule has 0 bridgehead atoms. The Kier molecular flexibility index (Phi) is 4.95. The molecule has 2 heterocycles. The molecule has 7 nitrogen and oxygen atoms in total. The summed E-state index contributed by atoms with van der Waals surface area (Å²) in [6, 6.07) is 9.06. The van der Waals surface area contributed by atoms with Gasteiger partial charge in [-0.15, -0.1) is 0 Å². The Morgan fingerprint density at radius 2 is 2.12 bits per heavy atom. The predicted molar refractivity (Wildman–Crippen MR) is 98.3 cm³/mol. The molecule has 0 saturated carbocycles. The minimum Gasteiger partial charge on any atom is -0.507 e. The zero-order chi connectivity index (χ0) is 17.8. The van der Waals surface area contributed by atoms with Gasteiger partial charge in [-0.05, 0) is 36.8 Å². The third-order valence-corrected chi connectivity index (χ3v) is 4.10. The maximum atomic E-state index is 10.3. The molecule has 0 amide bonds. The van der Waals surface area contributed by atoms with E-state index in [0.717, 1.165) is 23.5 Å². The summed E-state index contributed by atoms with van der Waals surface area (Å²) < 4.78 is 0. The lowest BCUT2D eigenvalue weighted by atomic mass is 10.1. The van der Waals surface area contributed by atoms with Crippen molar-refractivity contribution in [1.82, 2.24) is 20.2 Å². The number of phenolic OH excluding ortho intramolecular Hbond substituents is 1. The van der Waals surface area contributed by atoms with E-state index in [1.165, 1.54) is 0 Å². The summed E-state index contributed by atoms with van der Waals surface area (Å²) in [5.41, 5.74) is 8.26. The lowest BCUT2D eigenvalue weighted by molar-refractivity contribution is 0.477. The van der Waals surface area contributed by atoms with E-state index in [1.807, 2.05) is 36.2 Å². The fourth-order valence-electron chi connectivity index (χ4n) is 2.56. The van der Waals surface area contributed by atoms with Gasteiger partial charge in [-0.25, -0.2) is 9.97 Å². The first kappa shape index (κ1) is 16.9. The highest BCUT2D eigenvalue weighted by Gasteiger charge is 2.13. The van der Waals surface area contributed by atoms with E-state index >= 15 is 0 Å². The van der Waals surface area contributed by atoms with Crippen molar-refractivity contribution in [2.24, 2.45) is 5.73 Å². The van der Waals surface area contributed by atoms with Crippen LogP contribution in [0.1, 0.15) is 13.3 Å². The van der Waals surface area contributed by atoms with Crippen LogP contribution in [0.2, 0.25) is 0 Å². The first-order valence-corrected chi connectivity index (χ1v) is 8.21. The summed E-state index contributed by atoms with van der Waals surface area (Å²) in [6.07, 6.45) is 4.34. The Hall–Kier alpha value is -2.93. The van der Waals surface area contributed by atoms with Crippen LogP contribution < -0.4 is 10.6 Å². The number of anilines is 1. The molecule has 3 rings (SSSR count). The second-order valence-electron chi connectivity index (χ2n) is 5.98. The van der Waals surface area contributed by atoms with E-state index in [4.69, 9.17) is 5.73 Å². The largest absolute Gasteiger partial charge is 0.507 e. The number of phenols is 1. The summed E-state index contributed by atoms with van der Waals surface area (Å²) in [5, 5.41) is 17.2. The molecule has 7 heteroatoms. The van der Waals surface area contributed by atoms with Crippen molar-refractivity contribution < 1.29 is 5.11 Å². The number of likely N-dealkylation sites (N-methyl/N-ethyl adjacent to an activating group) is 1. The fourth-order valence-corrected chi connectivity index (χ4v) is 2.56. The summed E-state index contributed by atoms with van der Waals surface area (Å²) in [6.45, 7) is 2.76. The van der Waals surface area contributed by atoms with Crippen LogP contribution in [0.15, 0.2) is 42.7 Å². The van der Waals surface area contributed by atoms with Crippen molar-refractivity contribution in [3.8, 4) is 28.4 Å². The summed E-state index contributed by atoms with van der Waals surface area (Å²) >= 11 is 0. The van der Waals surface area contributed by atoms with Gasteiger partial charge in [-0.3, -0.25) is 5.10 Å². The SMILES string of the molecule is CC[C@H](N)CN(C)c1ccnc(-c2cc(-c3cc[nH]n3)ccc2O)n1. The summed E-state index contributed by atoms with van der Waals surface area (Å²) in [7, 11) is 1.95. The van der Waals surface area contributed by atoms with Gasteiger partial charge in [0.25, 0.3) is 0 Å². The van der Waals surface area contributed by atoms with Gasteiger partial charge in [0.1, 0.15) is 11.6 Å². The maximum absolute atomic E-state index is 10.3. The van der Waals surface area contributed by atoms with Crippen LogP contribution in [0.5, 0.6) is 5.75 Å². The highest BCUT2D eigenvalue weighted by Crippen LogP contribution is 2.31. The van der Waals surface area contributed by atoms with Gasteiger partial charge in [0.05, 0.1) is 11.3 Å². The van der Waals surface area contributed by atoms with E-state index in [1.54, 1.807) is 18.5 Å². The van der Waals surface area contributed by atoms with E-state index < -0.39 is 0 Å². The Labute approximate surface area is 146 Å². The summed E-state index contributed by atoms with van der Waals surface area (Å²) in [4.78, 5) is 10.9. The quantitative estimate of drug-likeness (QED) is 0.637. The minimum atomic E-state index is 0.0832. The van der Waals surface area contributed by atoms with Crippen molar-refractivity contribution in [3.05, 3.63) is 42.7 Å². The molecule has 3 aromatic rings. The van der Waals surface area contributed by atoms with Gasteiger partial charge < -0.3 is 15.7 Å². The third kappa shape index (κ3) is 3.77. The molecule has 1 aromatic carbocycles. The van der Waals surface area contributed by atoms with Crippen molar-refractivity contribution in [3.63, 3.8) is 0 Å². The topological polar surface area (TPSA) is 104 Å². The Morgan fingerprint density at radius 1 is 1.28 bits per heavy atom. The molecule has 25 heavy (non-hydrogen) atoms. The van der Waals surface area contributed by atoms with E-state index in [2.05, 4.69) is 27.1 Å². The van der Waals surface area contributed by atoms with Crippen LogP contribution in [0.3, 0.4) is 0 Å². The van der Waals surface area contributed by atoms with Crippen LogP contribution in [-0.4, -0.2) is 44.9 Å². The van der Waals surface area contributed by atoms with Crippen molar-refractivity contribution in [2.45, 2.75) is 19.4 Å². The number of nitrogens with two attached hydrogens (primary N) is 1. The zero-order valence-electron chi connectivity index (χ0n) is 14.3.